The van der Waals surface area contributed by atoms with Gasteiger partial charge >= 0.3 is 0 Å². The number of amides is 1. The molecule has 0 aliphatic carbocycles. The summed E-state index contributed by atoms with van der Waals surface area (Å²) in [5.41, 5.74) is 3.64. The third-order valence-electron chi connectivity index (χ3n) is 5.13. The number of carbonyl (C=O) groups is 1. The van der Waals surface area contributed by atoms with E-state index in [1.165, 1.54) is 43.9 Å². The van der Waals surface area contributed by atoms with Gasteiger partial charge in [0.05, 0.1) is 15.5 Å². The minimum atomic E-state index is -0.560. The molecule has 0 heterocycles. The van der Waals surface area contributed by atoms with Crippen LogP contribution in [0.2, 0.25) is 5.02 Å². The molecule has 6 nitrogen and oxygen atoms in total. The first-order chi connectivity index (χ1) is 15.5. The number of hydrogen-bond acceptors (Lipinski definition) is 4. The Morgan fingerprint density at radius 3 is 2.12 bits per heavy atom. The largest absolute Gasteiger partial charge is 0.385 e. The number of benzene rings is 3. The quantitative estimate of drug-likeness (QED) is 0.194. The van der Waals surface area contributed by atoms with Crippen molar-refractivity contribution in [1.29, 1.82) is 0 Å². The van der Waals surface area contributed by atoms with E-state index in [1.807, 2.05) is 12.1 Å². The second-order valence-corrected chi connectivity index (χ2v) is 7.92. The van der Waals surface area contributed by atoms with Crippen LogP contribution in [0, 0.1) is 10.1 Å². The van der Waals surface area contributed by atoms with Crippen LogP contribution in [0.15, 0.2) is 66.7 Å². The summed E-state index contributed by atoms with van der Waals surface area (Å²) in [6.07, 6.45) is 4.93. The number of anilines is 2. The monoisotopic (exact) mass is 451 g/mol. The Morgan fingerprint density at radius 1 is 0.906 bits per heavy atom. The molecule has 2 N–H and O–H groups in total. The van der Waals surface area contributed by atoms with Gasteiger partial charge in [-0.1, -0.05) is 62.1 Å². The molecule has 3 aromatic rings. The standard InChI is InChI=1S/C25H26ClN3O3/c1-2-3-4-5-16-27-20-10-6-18(7-11-20)19-8-12-21(13-9-19)28-25(30)23-17-22(29(31)32)14-15-24(23)26/h6-15,17,27H,2-5,16H2,1H3,(H,28,30). The number of carbonyl (C=O) groups excluding carboxylic acids is 1. The zero-order valence-corrected chi connectivity index (χ0v) is 18.7. The molecule has 0 aliphatic heterocycles. The van der Waals surface area contributed by atoms with Crippen LogP contribution in [0.4, 0.5) is 17.1 Å². The summed E-state index contributed by atoms with van der Waals surface area (Å²) in [6, 6.07) is 19.4. The summed E-state index contributed by atoms with van der Waals surface area (Å²) in [5.74, 6) is -0.499. The Bertz CT molecular complexity index is 1070. The van der Waals surface area contributed by atoms with Crippen LogP contribution in [0.5, 0.6) is 0 Å². The van der Waals surface area contributed by atoms with Crippen LogP contribution in [0.3, 0.4) is 0 Å². The zero-order valence-electron chi connectivity index (χ0n) is 17.9. The number of halogens is 1. The van der Waals surface area contributed by atoms with E-state index in [-0.39, 0.29) is 16.3 Å². The molecule has 1 amide bonds. The van der Waals surface area contributed by atoms with Gasteiger partial charge in [0.1, 0.15) is 0 Å². The molecular formula is C25H26ClN3O3. The van der Waals surface area contributed by atoms with Gasteiger partial charge in [0, 0.05) is 30.1 Å². The average Bonchev–Trinajstić information content (AvgIpc) is 2.80. The summed E-state index contributed by atoms with van der Waals surface area (Å²) in [6.45, 7) is 3.18. The van der Waals surface area contributed by atoms with Crippen molar-refractivity contribution < 1.29 is 9.72 Å². The van der Waals surface area contributed by atoms with E-state index >= 15 is 0 Å². The zero-order chi connectivity index (χ0) is 22.9. The highest BCUT2D eigenvalue weighted by atomic mass is 35.5. The highest BCUT2D eigenvalue weighted by Crippen LogP contribution is 2.25. The molecule has 166 valence electrons. The number of nitrogens with zero attached hydrogens (tertiary/aromatic N) is 1. The van der Waals surface area contributed by atoms with E-state index in [0.717, 1.165) is 23.4 Å². The Morgan fingerprint density at radius 2 is 1.53 bits per heavy atom. The van der Waals surface area contributed by atoms with Crippen molar-refractivity contribution in [3.8, 4) is 11.1 Å². The lowest BCUT2D eigenvalue weighted by Crippen LogP contribution is -2.12. The van der Waals surface area contributed by atoms with Crippen molar-refractivity contribution in [3.05, 3.63) is 87.4 Å². The predicted molar refractivity (Wildman–Crippen MR) is 131 cm³/mol. The second kappa shape index (κ2) is 11.3. The van der Waals surface area contributed by atoms with Gasteiger partial charge in [-0.25, -0.2) is 0 Å². The van der Waals surface area contributed by atoms with E-state index in [4.69, 9.17) is 11.6 Å². The molecule has 32 heavy (non-hydrogen) atoms. The molecule has 7 heteroatoms. The molecule has 0 radical (unpaired) electrons. The lowest BCUT2D eigenvalue weighted by molar-refractivity contribution is -0.384. The SMILES string of the molecule is CCCCCCNc1ccc(-c2ccc(NC(=O)c3cc([N+](=O)[O-])ccc3Cl)cc2)cc1. The normalized spacial score (nSPS) is 10.6. The van der Waals surface area contributed by atoms with Gasteiger partial charge in [0.2, 0.25) is 0 Å². The maximum absolute atomic E-state index is 12.5. The fourth-order valence-electron chi connectivity index (χ4n) is 3.31. The van der Waals surface area contributed by atoms with Crippen LogP contribution in [0.25, 0.3) is 11.1 Å². The van der Waals surface area contributed by atoms with Crippen molar-refractivity contribution >= 4 is 34.6 Å². The van der Waals surface area contributed by atoms with Crippen molar-refractivity contribution in [3.63, 3.8) is 0 Å². The Labute approximate surface area is 192 Å². The number of nitro benzene ring substituents is 1. The molecule has 0 bridgehead atoms. The summed E-state index contributed by atoms with van der Waals surface area (Å²) < 4.78 is 0. The highest BCUT2D eigenvalue weighted by Gasteiger charge is 2.16. The minimum Gasteiger partial charge on any atom is -0.385 e. The van der Waals surface area contributed by atoms with Gasteiger partial charge in [0.15, 0.2) is 0 Å². The summed E-state index contributed by atoms with van der Waals surface area (Å²) in [4.78, 5) is 22.9. The van der Waals surface area contributed by atoms with Gasteiger partial charge < -0.3 is 10.6 Å². The average molecular weight is 452 g/mol. The molecule has 0 spiro atoms. The maximum Gasteiger partial charge on any atom is 0.270 e. The summed E-state index contributed by atoms with van der Waals surface area (Å²) in [7, 11) is 0. The van der Waals surface area contributed by atoms with Crippen LogP contribution < -0.4 is 10.6 Å². The van der Waals surface area contributed by atoms with E-state index in [1.54, 1.807) is 12.1 Å². The van der Waals surface area contributed by atoms with E-state index in [9.17, 15) is 14.9 Å². The Kier molecular flexibility index (Phi) is 8.22. The van der Waals surface area contributed by atoms with Gasteiger partial charge in [-0.3, -0.25) is 14.9 Å². The van der Waals surface area contributed by atoms with Crippen LogP contribution in [0.1, 0.15) is 43.0 Å². The fraction of sp³-hybridized carbons (Fsp3) is 0.240. The molecule has 3 aromatic carbocycles. The maximum atomic E-state index is 12.5. The van der Waals surface area contributed by atoms with Crippen molar-refractivity contribution in [2.24, 2.45) is 0 Å². The molecule has 0 fully saturated rings. The summed E-state index contributed by atoms with van der Waals surface area (Å²) in [5, 5.41) is 17.3. The van der Waals surface area contributed by atoms with E-state index in [0.29, 0.717) is 5.69 Å². The number of unbranched alkanes of at least 4 members (excludes halogenated alkanes) is 3. The number of rotatable bonds is 10. The first-order valence-electron chi connectivity index (χ1n) is 10.7. The van der Waals surface area contributed by atoms with Crippen LogP contribution in [-0.2, 0) is 0 Å². The number of non-ortho nitro benzene ring substituents is 1. The molecule has 0 saturated heterocycles. The molecule has 0 unspecified atom stereocenters. The van der Waals surface area contributed by atoms with Gasteiger partial charge in [-0.05, 0) is 47.9 Å². The van der Waals surface area contributed by atoms with Crippen molar-refractivity contribution in [1.82, 2.24) is 0 Å². The third kappa shape index (κ3) is 6.31. The first-order valence-corrected chi connectivity index (χ1v) is 11.1. The molecule has 3 rings (SSSR count). The second-order valence-electron chi connectivity index (χ2n) is 7.52. The van der Waals surface area contributed by atoms with Gasteiger partial charge in [0.25, 0.3) is 11.6 Å². The molecule has 0 atom stereocenters. The number of hydrogen-bond donors (Lipinski definition) is 2. The third-order valence-corrected chi connectivity index (χ3v) is 5.46. The first kappa shape index (κ1) is 23.3. The van der Waals surface area contributed by atoms with E-state index < -0.39 is 10.8 Å². The molecular weight excluding hydrogens is 426 g/mol. The van der Waals surface area contributed by atoms with Crippen molar-refractivity contribution in [2.45, 2.75) is 32.6 Å². The summed E-state index contributed by atoms with van der Waals surface area (Å²) >= 11 is 6.05. The molecule has 0 aliphatic rings. The topological polar surface area (TPSA) is 84.3 Å². The van der Waals surface area contributed by atoms with Crippen LogP contribution in [-0.4, -0.2) is 17.4 Å². The Balaban J connectivity index is 1.61. The van der Waals surface area contributed by atoms with Gasteiger partial charge in [-0.2, -0.15) is 0 Å². The van der Waals surface area contributed by atoms with E-state index in [2.05, 4.69) is 41.8 Å². The van der Waals surface area contributed by atoms with Crippen LogP contribution >= 0.6 is 11.6 Å². The fourth-order valence-corrected chi connectivity index (χ4v) is 3.51. The lowest BCUT2D eigenvalue weighted by atomic mass is 10.0. The minimum absolute atomic E-state index is 0.0581. The number of nitro groups is 1. The smallest absolute Gasteiger partial charge is 0.270 e. The lowest BCUT2D eigenvalue weighted by Gasteiger charge is -2.09. The van der Waals surface area contributed by atoms with Gasteiger partial charge in [-0.15, -0.1) is 0 Å². The number of nitrogens with one attached hydrogen (secondary N) is 2. The molecule has 0 aromatic heterocycles. The molecule has 0 saturated carbocycles. The highest BCUT2D eigenvalue weighted by molar-refractivity contribution is 6.34. The van der Waals surface area contributed by atoms with Crippen molar-refractivity contribution in [2.75, 3.05) is 17.2 Å². The Hall–Kier alpha value is -3.38. The predicted octanol–water partition coefficient (Wildman–Crippen LogP) is 7.16.